The third-order valence-electron chi connectivity index (χ3n) is 3.78. The van der Waals surface area contributed by atoms with Gasteiger partial charge in [-0.05, 0) is 42.7 Å². The minimum absolute atomic E-state index is 0.0438. The molecule has 0 atom stereocenters. The maximum Gasteiger partial charge on any atom is 0.221 e. The molecule has 0 aliphatic carbocycles. The fourth-order valence-corrected chi connectivity index (χ4v) is 3.36. The molecule has 0 saturated carbocycles. The van der Waals surface area contributed by atoms with Crippen LogP contribution in [0.1, 0.15) is 12.0 Å². The summed E-state index contributed by atoms with van der Waals surface area (Å²) in [6.07, 6.45) is 0.330. The number of ether oxygens (including phenoxy) is 1. The average Bonchev–Trinajstić information content (AvgIpc) is 3.28. The Balaban J connectivity index is 1.44. The first kappa shape index (κ1) is 18.3. The highest BCUT2D eigenvalue weighted by Crippen LogP contribution is 2.22. The summed E-state index contributed by atoms with van der Waals surface area (Å²) >= 11 is 6.85. The van der Waals surface area contributed by atoms with E-state index >= 15 is 0 Å². The number of amides is 1. The van der Waals surface area contributed by atoms with Crippen LogP contribution < -0.4 is 10.1 Å². The molecule has 0 spiro atoms. The summed E-state index contributed by atoms with van der Waals surface area (Å²) in [5.74, 6) is 1.52. The highest BCUT2D eigenvalue weighted by molar-refractivity contribution is 7.71. The van der Waals surface area contributed by atoms with Crippen LogP contribution >= 0.6 is 23.6 Å². The van der Waals surface area contributed by atoms with Crippen LogP contribution in [0.2, 0.25) is 0 Å². The molecule has 136 valence electrons. The van der Waals surface area contributed by atoms with Crippen LogP contribution in [-0.2, 0) is 11.3 Å². The van der Waals surface area contributed by atoms with E-state index in [-0.39, 0.29) is 5.91 Å². The van der Waals surface area contributed by atoms with E-state index in [0.717, 1.165) is 16.5 Å². The second kappa shape index (κ2) is 8.77. The first-order valence-corrected chi connectivity index (χ1v) is 9.57. The van der Waals surface area contributed by atoms with Crippen molar-refractivity contribution in [2.75, 3.05) is 13.2 Å². The van der Waals surface area contributed by atoms with Gasteiger partial charge in [0.1, 0.15) is 12.4 Å². The van der Waals surface area contributed by atoms with Crippen LogP contribution in [0.25, 0.3) is 10.7 Å². The van der Waals surface area contributed by atoms with E-state index in [0.29, 0.717) is 30.9 Å². The molecule has 1 amide bonds. The predicted octanol–water partition coefficient (Wildman–Crippen LogP) is 3.56. The smallest absolute Gasteiger partial charge is 0.221 e. The number of benzene rings is 1. The zero-order valence-electron chi connectivity index (χ0n) is 14.4. The average molecular weight is 389 g/mol. The molecule has 8 heteroatoms. The number of thiophene rings is 1. The van der Waals surface area contributed by atoms with Crippen molar-refractivity contribution in [3.8, 4) is 16.5 Å². The quantitative estimate of drug-likeness (QED) is 0.457. The van der Waals surface area contributed by atoms with E-state index < -0.39 is 0 Å². The van der Waals surface area contributed by atoms with E-state index in [4.69, 9.17) is 17.0 Å². The van der Waals surface area contributed by atoms with Gasteiger partial charge in [-0.2, -0.15) is 5.10 Å². The maximum absolute atomic E-state index is 12.1. The highest BCUT2D eigenvalue weighted by Gasteiger charge is 2.11. The first-order valence-electron chi connectivity index (χ1n) is 8.29. The number of nitrogens with one attached hydrogen (secondary N) is 2. The first-order chi connectivity index (χ1) is 12.6. The molecule has 0 unspecified atom stereocenters. The fraction of sp³-hybridized carbons (Fsp3) is 0.278. The van der Waals surface area contributed by atoms with Crippen molar-refractivity contribution in [1.29, 1.82) is 0 Å². The Bertz CT molecular complexity index is 898. The third kappa shape index (κ3) is 4.80. The van der Waals surface area contributed by atoms with E-state index in [1.165, 1.54) is 5.56 Å². The van der Waals surface area contributed by atoms with Gasteiger partial charge in [0, 0.05) is 13.0 Å². The zero-order chi connectivity index (χ0) is 18.4. The van der Waals surface area contributed by atoms with Gasteiger partial charge in [-0.25, -0.2) is 0 Å². The molecule has 3 rings (SSSR count). The Labute approximate surface area is 160 Å². The molecule has 2 N–H and O–H groups in total. The minimum atomic E-state index is -0.0438. The van der Waals surface area contributed by atoms with Gasteiger partial charge in [-0.1, -0.05) is 23.8 Å². The Morgan fingerprint density at radius 1 is 1.35 bits per heavy atom. The number of nitrogens with zero attached hydrogens (tertiary/aromatic N) is 2. The normalized spacial score (nSPS) is 10.7. The third-order valence-corrected chi connectivity index (χ3v) is 4.95. The second-order valence-electron chi connectivity index (χ2n) is 5.74. The summed E-state index contributed by atoms with van der Waals surface area (Å²) in [5.41, 5.74) is 1.19. The van der Waals surface area contributed by atoms with Crippen LogP contribution in [0.4, 0.5) is 0 Å². The summed E-state index contributed by atoms with van der Waals surface area (Å²) in [4.78, 5) is 13.1. The summed E-state index contributed by atoms with van der Waals surface area (Å²) in [7, 11) is 0. The number of aryl methyl sites for hydroxylation is 1. The van der Waals surface area contributed by atoms with E-state index in [1.54, 1.807) is 11.3 Å². The molecule has 0 fully saturated rings. The number of hydrogen-bond acceptors (Lipinski definition) is 5. The van der Waals surface area contributed by atoms with Crippen molar-refractivity contribution in [3.05, 3.63) is 52.1 Å². The SMILES string of the molecule is Cc1ccc(OCCNC(=O)CCn2c(-c3cccs3)n[nH]c2=S)cc1. The molecule has 26 heavy (non-hydrogen) atoms. The summed E-state index contributed by atoms with van der Waals surface area (Å²) in [6.45, 7) is 3.40. The Hall–Kier alpha value is -2.45. The number of rotatable bonds is 8. The van der Waals surface area contributed by atoms with Gasteiger partial charge in [-0.15, -0.1) is 11.3 Å². The van der Waals surface area contributed by atoms with Crippen LogP contribution in [-0.4, -0.2) is 33.8 Å². The monoisotopic (exact) mass is 388 g/mol. The topological polar surface area (TPSA) is 71.9 Å². The van der Waals surface area contributed by atoms with Gasteiger partial charge in [0.2, 0.25) is 5.91 Å². The van der Waals surface area contributed by atoms with Gasteiger partial charge in [0.15, 0.2) is 10.6 Å². The lowest BCUT2D eigenvalue weighted by atomic mass is 10.2. The number of aromatic nitrogens is 3. The van der Waals surface area contributed by atoms with Crippen molar-refractivity contribution in [2.24, 2.45) is 0 Å². The lowest BCUT2D eigenvalue weighted by Gasteiger charge is -2.09. The van der Waals surface area contributed by atoms with Crippen molar-refractivity contribution in [1.82, 2.24) is 20.1 Å². The Morgan fingerprint density at radius 2 is 2.15 bits per heavy atom. The van der Waals surface area contributed by atoms with Gasteiger partial charge in [-0.3, -0.25) is 14.5 Å². The molecule has 0 radical (unpaired) electrons. The van der Waals surface area contributed by atoms with Crippen molar-refractivity contribution in [3.63, 3.8) is 0 Å². The molecule has 2 aromatic heterocycles. The fourth-order valence-electron chi connectivity index (χ4n) is 2.41. The number of carbonyl (C=O) groups excluding carboxylic acids is 1. The predicted molar refractivity (Wildman–Crippen MR) is 105 cm³/mol. The number of hydrogen-bond donors (Lipinski definition) is 2. The highest BCUT2D eigenvalue weighted by atomic mass is 32.1. The molecule has 0 aliphatic heterocycles. The molecule has 0 saturated heterocycles. The van der Waals surface area contributed by atoms with E-state index in [1.807, 2.05) is 53.3 Å². The number of carbonyl (C=O) groups is 1. The van der Waals surface area contributed by atoms with Crippen LogP contribution in [0.5, 0.6) is 5.75 Å². The molecule has 2 heterocycles. The molecule has 3 aromatic rings. The largest absolute Gasteiger partial charge is 0.492 e. The lowest BCUT2D eigenvalue weighted by molar-refractivity contribution is -0.121. The summed E-state index contributed by atoms with van der Waals surface area (Å²) in [6, 6.07) is 11.8. The molecular weight excluding hydrogens is 368 g/mol. The van der Waals surface area contributed by atoms with E-state index in [2.05, 4.69) is 15.5 Å². The van der Waals surface area contributed by atoms with Gasteiger partial charge < -0.3 is 10.1 Å². The second-order valence-corrected chi connectivity index (χ2v) is 7.08. The molecular formula is C18H20N4O2S2. The summed E-state index contributed by atoms with van der Waals surface area (Å²) < 4.78 is 7.97. The maximum atomic E-state index is 12.1. The summed E-state index contributed by atoms with van der Waals surface area (Å²) in [5, 5.41) is 11.9. The van der Waals surface area contributed by atoms with Crippen molar-refractivity contribution >= 4 is 29.5 Å². The number of H-pyrrole nitrogens is 1. The Morgan fingerprint density at radius 3 is 2.88 bits per heavy atom. The minimum Gasteiger partial charge on any atom is -0.492 e. The van der Waals surface area contributed by atoms with Crippen LogP contribution in [0.3, 0.4) is 0 Å². The van der Waals surface area contributed by atoms with Gasteiger partial charge >= 0.3 is 0 Å². The lowest BCUT2D eigenvalue weighted by Crippen LogP contribution is -2.28. The standard InChI is InChI=1S/C18H20N4O2S2/c1-13-4-6-14(7-5-13)24-11-9-19-16(23)8-10-22-17(20-21-18(22)25)15-3-2-12-26-15/h2-7,12H,8-11H2,1H3,(H,19,23)(H,21,25). The molecule has 1 aromatic carbocycles. The Kier molecular flexibility index (Phi) is 6.19. The van der Waals surface area contributed by atoms with Crippen LogP contribution in [0.15, 0.2) is 41.8 Å². The van der Waals surface area contributed by atoms with Crippen molar-refractivity contribution in [2.45, 2.75) is 19.9 Å². The van der Waals surface area contributed by atoms with E-state index in [9.17, 15) is 4.79 Å². The molecule has 0 bridgehead atoms. The molecule has 0 aliphatic rings. The van der Waals surface area contributed by atoms with Gasteiger partial charge in [0.25, 0.3) is 0 Å². The molecule has 6 nitrogen and oxygen atoms in total. The van der Waals surface area contributed by atoms with Crippen molar-refractivity contribution < 1.29 is 9.53 Å². The zero-order valence-corrected chi connectivity index (χ0v) is 16.0. The van der Waals surface area contributed by atoms with Gasteiger partial charge in [0.05, 0.1) is 11.4 Å². The number of aromatic amines is 1. The van der Waals surface area contributed by atoms with Crippen LogP contribution in [0, 0.1) is 11.7 Å².